The summed E-state index contributed by atoms with van der Waals surface area (Å²) in [6, 6.07) is 2.74. The van der Waals surface area contributed by atoms with Crippen LogP contribution in [0.4, 0.5) is 4.39 Å². The summed E-state index contributed by atoms with van der Waals surface area (Å²) in [4.78, 5) is 17.0. The standard InChI is InChI=1S/C11H13FN2O2/c1-14(9-4-5-16-7-9)11(15)8-2-3-10(12)13-6-8/h2-3,6,9H,4-5,7H2,1H3. The van der Waals surface area contributed by atoms with E-state index in [2.05, 4.69) is 4.98 Å². The van der Waals surface area contributed by atoms with Crippen molar-refractivity contribution in [2.75, 3.05) is 20.3 Å². The van der Waals surface area contributed by atoms with Crippen molar-refractivity contribution in [3.63, 3.8) is 0 Å². The van der Waals surface area contributed by atoms with Crippen LogP contribution in [0.25, 0.3) is 0 Å². The molecule has 16 heavy (non-hydrogen) atoms. The minimum absolute atomic E-state index is 0.109. The third-order valence-electron chi connectivity index (χ3n) is 2.75. The number of pyridine rings is 1. The van der Waals surface area contributed by atoms with E-state index in [1.165, 1.54) is 18.3 Å². The Morgan fingerprint density at radius 2 is 2.44 bits per heavy atom. The monoisotopic (exact) mass is 224 g/mol. The lowest BCUT2D eigenvalue weighted by molar-refractivity contribution is 0.0710. The van der Waals surface area contributed by atoms with Gasteiger partial charge in [0.2, 0.25) is 5.95 Å². The summed E-state index contributed by atoms with van der Waals surface area (Å²) in [6.45, 7) is 1.25. The molecule has 2 heterocycles. The Hall–Kier alpha value is -1.49. The van der Waals surface area contributed by atoms with Crippen molar-refractivity contribution in [1.82, 2.24) is 9.88 Å². The molecule has 0 spiro atoms. The van der Waals surface area contributed by atoms with E-state index in [1.54, 1.807) is 11.9 Å². The molecular weight excluding hydrogens is 211 g/mol. The summed E-state index contributed by atoms with van der Waals surface area (Å²) >= 11 is 0. The van der Waals surface area contributed by atoms with Gasteiger partial charge < -0.3 is 9.64 Å². The van der Waals surface area contributed by atoms with Gasteiger partial charge in [-0.1, -0.05) is 0 Å². The Balaban J connectivity index is 2.08. The van der Waals surface area contributed by atoms with Crippen LogP contribution in [0.2, 0.25) is 0 Å². The minimum atomic E-state index is -0.580. The van der Waals surface area contributed by atoms with Crippen molar-refractivity contribution in [1.29, 1.82) is 0 Å². The average molecular weight is 224 g/mol. The van der Waals surface area contributed by atoms with Crippen LogP contribution in [-0.2, 0) is 4.74 Å². The third-order valence-corrected chi connectivity index (χ3v) is 2.75. The van der Waals surface area contributed by atoms with E-state index >= 15 is 0 Å². The van der Waals surface area contributed by atoms with Crippen molar-refractivity contribution in [2.45, 2.75) is 12.5 Å². The third kappa shape index (κ3) is 2.19. The van der Waals surface area contributed by atoms with Gasteiger partial charge in [0, 0.05) is 19.9 Å². The van der Waals surface area contributed by atoms with Crippen molar-refractivity contribution in [3.05, 3.63) is 29.8 Å². The molecule has 0 aliphatic carbocycles. The smallest absolute Gasteiger partial charge is 0.255 e. The Kier molecular flexibility index (Phi) is 3.14. The fourth-order valence-electron chi connectivity index (χ4n) is 1.70. The molecule has 1 amide bonds. The molecule has 2 rings (SSSR count). The van der Waals surface area contributed by atoms with Crippen LogP contribution in [0.5, 0.6) is 0 Å². The lowest BCUT2D eigenvalue weighted by Crippen LogP contribution is -2.37. The van der Waals surface area contributed by atoms with Crippen molar-refractivity contribution < 1.29 is 13.9 Å². The number of carbonyl (C=O) groups excluding carboxylic acids is 1. The Morgan fingerprint density at radius 3 is 3.00 bits per heavy atom. The number of hydrogen-bond acceptors (Lipinski definition) is 3. The van der Waals surface area contributed by atoms with Gasteiger partial charge in [-0.25, -0.2) is 4.98 Å². The molecule has 0 radical (unpaired) electrons. The van der Waals surface area contributed by atoms with Gasteiger partial charge in [-0.05, 0) is 18.6 Å². The molecule has 1 aliphatic rings. The van der Waals surface area contributed by atoms with Gasteiger partial charge in [-0.2, -0.15) is 4.39 Å². The molecule has 1 fully saturated rings. The zero-order valence-electron chi connectivity index (χ0n) is 9.02. The second-order valence-electron chi connectivity index (χ2n) is 3.80. The van der Waals surface area contributed by atoms with Gasteiger partial charge in [0.1, 0.15) is 0 Å². The van der Waals surface area contributed by atoms with Gasteiger partial charge in [0.05, 0.1) is 18.2 Å². The van der Waals surface area contributed by atoms with Crippen molar-refractivity contribution in [3.8, 4) is 0 Å². The molecule has 0 bridgehead atoms. The van der Waals surface area contributed by atoms with Crippen molar-refractivity contribution in [2.24, 2.45) is 0 Å². The van der Waals surface area contributed by atoms with E-state index in [1.807, 2.05) is 0 Å². The Bertz CT molecular complexity index is 374. The number of amides is 1. The molecule has 1 aliphatic heterocycles. The maximum absolute atomic E-state index is 12.6. The molecular formula is C11H13FN2O2. The Morgan fingerprint density at radius 1 is 1.62 bits per heavy atom. The zero-order valence-corrected chi connectivity index (χ0v) is 9.02. The molecule has 1 atom stereocenters. The lowest BCUT2D eigenvalue weighted by atomic mass is 10.2. The van der Waals surface area contributed by atoms with Gasteiger partial charge in [0.15, 0.2) is 0 Å². The minimum Gasteiger partial charge on any atom is -0.379 e. The van der Waals surface area contributed by atoms with Gasteiger partial charge in [-0.15, -0.1) is 0 Å². The first-order valence-electron chi connectivity index (χ1n) is 5.15. The van der Waals surface area contributed by atoms with Crippen LogP contribution < -0.4 is 0 Å². The largest absolute Gasteiger partial charge is 0.379 e. The number of nitrogens with zero attached hydrogens (tertiary/aromatic N) is 2. The normalized spacial score (nSPS) is 19.8. The fraction of sp³-hybridized carbons (Fsp3) is 0.455. The van der Waals surface area contributed by atoms with Gasteiger partial charge >= 0.3 is 0 Å². The first-order valence-corrected chi connectivity index (χ1v) is 5.15. The molecule has 1 aromatic heterocycles. The van der Waals surface area contributed by atoms with Gasteiger partial charge in [0.25, 0.3) is 5.91 Å². The van der Waals surface area contributed by atoms with Crippen LogP contribution in [0.15, 0.2) is 18.3 Å². The molecule has 0 aromatic carbocycles. The summed E-state index contributed by atoms with van der Waals surface area (Å²) in [5, 5.41) is 0. The van der Waals surface area contributed by atoms with Crippen molar-refractivity contribution >= 4 is 5.91 Å². The lowest BCUT2D eigenvalue weighted by Gasteiger charge is -2.22. The molecule has 0 saturated carbocycles. The SMILES string of the molecule is CN(C(=O)c1ccc(F)nc1)C1CCOC1. The topological polar surface area (TPSA) is 42.4 Å². The maximum Gasteiger partial charge on any atom is 0.255 e. The Labute approximate surface area is 93.0 Å². The van der Waals surface area contributed by atoms with E-state index in [9.17, 15) is 9.18 Å². The van der Waals surface area contributed by atoms with Crippen LogP contribution in [0.1, 0.15) is 16.8 Å². The fourth-order valence-corrected chi connectivity index (χ4v) is 1.70. The van der Waals surface area contributed by atoms with Crippen LogP contribution in [0.3, 0.4) is 0 Å². The van der Waals surface area contributed by atoms with Gasteiger partial charge in [-0.3, -0.25) is 4.79 Å². The number of aromatic nitrogens is 1. The van der Waals surface area contributed by atoms with Crippen LogP contribution in [0, 0.1) is 5.95 Å². The number of carbonyl (C=O) groups is 1. The maximum atomic E-state index is 12.6. The number of ether oxygens (including phenoxy) is 1. The molecule has 86 valence electrons. The van der Waals surface area contributed by atoms with E-state index in [4.69, 9.17) is 4.74 Å². The zero-order chi connectivity index (χ0) is 11.5. The quantitative estimate of drug-likeness (QED) is 0.706. The van der Waals surface area contributed by atoms with E-state index in [-0.39, 0.29) is 11.9 Å². The van der Waals surface area contributed by atoms with Crippen LogP contribution in [-0.4, -0.2) is 42.1 Å². The second kappa shape index (κ2) is 4.57. The number of likely N-dealkylation sites (N-methyl/N-ethyl adjacent to an activating group) is 1. The first-order chi connectivity index (χ1) is 7.68. The summed E-state index contributed by atoms with van der Waals surface area (Å²) < 4.78 is 17.8. The highest BCUT2D eigenvalue weighted by Gasteiger charge is 2.24. The van der Waals surface area contributed by atoms with E-state index in [0.29, 0.717) is 18.8 Å². The molecule has 1 unspecified atom stereocenters. The summed E-state index contributed by atoms with van der Waals surface area (Å²) in [7, 11) is 1.73. The number of hydrogen-bond donors (Lipinski definition) is 0. The summed E-state index contributed by atoms with van der Waals surface area (Å²) in [5.41, 5.74) is 0.399. The summed E-state index contributed by atoms with van der Waals surface area (Å²) in [5.74, 6) is -0.730. The number of halogens is 1. The predicted octanol–water partition coefficient (Wildman–Crippen LogP) is 1.08. The average Bonchev–Trinajstić information content (AvgIpc) is 2.81. The highest BCUT2D eigenvalue weighted by molar-refractivity contribution is 5.93. The number of rotatable bonds is 2. The molecule has 4 nitrogen and oxygen atoms in total. The van der Waals surface area contributed by atoms with E-state index in [0.717, 1.165) is 6.42 Å². The molecule has 1 aromatic rings. The highest BCUT2D eigenvalue weighted by Crippen LogP contribution is 2.13. The first kappa shape index (κ1) is 11.0. The van der Waals surface area contributed by atoms with E-state index < -0.39 is 5.95 Å². The molecule has 1 saturated heterocycles. The predicted molar refractivity (Wildman–Crippen MR) is 55.5 cm³/mol. The highest BCUT2D eigenvalue weighted by atomic mass is 19.1. The summed E-state index contributed by atoms with van der Waals surface area (Å²) in [6.07, 6.45) is 2.10. The molecule has 0 N–H and O–H groups in total. The van der Waals surface area contributed by atoms with Crippen LogP contribution >= 0.6 is 0 Å². The molecule has 5 heteroatoms. The second-order valence-corrected chi connectivity index (χ2v) is 3.80.